The van der Waals surface area contributed by atoms with Crippen molar-refractivity contribution in [2.75, 3.05) is 20.7 Å². The number of furan rings is 1. The summed E-state index contributed by atoms with van der Waals surface area (Å²) in [6.07, 6.45) is 0. The van der Waals surface area contributed by atoms with Gasteiger partial charge in [0.2, 0.25) is 0 Å². The summed E-state index contributed by atoms with van der Waals surface area (Å²) in [6.45, 7) is 2.53. The Kier molecular flexibility index (Phi) is 4.75. The van der Waals surface area contributed by atoms with Crippen molar-refractivity contribution in [3.8, 4) is 5.75 Å². The monoisotopic (exact) mass is 291 g/mol. The Hall–Kier alpha value is -2.14. The van der Waals surface area contributed by atoms with Crippen LogP contribution in [-0.2, 0) is 6.54 Å². The van der Waals surface area contributed by atoms with Gasteiger partial charge in [-0.25, -0.2) is 4.39 Å². The minimum Gasteiger partial charge on any atom is -0.496 e. The summed E-state index contributed by atoms with van der Waals surface area (Å²) in [7, 11) is 3.26. The van der Waals surface area contributed by atoms with E-state index in [9.17, 15) is 9.18 Å². The van der Waals surface area contributed by atoms with E-state index in [2.05, 4.69) is 0 Å². The number of hydrogen-bond acceptors (Lipinski definition) is 4. The van der Waals surface area contributed by atoms with Gasteiger partial charge >= 0.3 is 0 Å². The standard InChI is InChI=1S/C16H18FNO3/c1-11-4-6-13(21-11)9-18(2)10-15(19)14-8-12(17)5-7-16(14)20-3/h4-8H,9-10H2,1-3H3. The molecule has 0 N–H and O–H groups in total. The number of rotatable bonds is 6. The van der Waals surface area contributed by atoms with Gasteiger partial charge in [0.25, 0.3) is 0 Å². The van der Waals surface area contributed by atoms with Crippen molar-refractivity contribution in [1.82, 2.24) is 4.90 Å². The lowest BCUT2D eigenvalue weighted by atomic mass is 10.1. The van der Waals surface area contributed by atoms with Gasteiger partial charge in [-0.2, -0.15) is 0 Å². The van der Waals surface area contributed by atoms with Gasteiger partial charge in [-0.1, -0.05) is 0 Å². The average molecular weight is 291 g/mol. The molecule has 112 valence electrons. The first-order valence-electron chi connectivity index (χ1n) is 6.60. The molecule has 2 aromatic rings. The van der Waals surface area contributed by atoms with Gasteiger partial charge in [0.05, 0.1) is 25.8 Å². The molecule has 0 amide bonds. The van der Waals surface area contributed by atoms with Crippen LogP contribution in [0.1, 0.15) is 21.9 Å². The first-order valence-corrected chi connectivity index (χ1v) is 6.60. The SMILES string of the molecule is COc1ccc(F)cc1C(=O)CN(C)Cc1ccc(C)o1. The van der Waals surface area contributed by atoms with E-state index in [1.54, 1.807) is 0 Å². The molecule has 0 aliphatic carbocycles. The third kappa shape index (κ3) is 3.92. The second-order valence-corrected chi connectivity index (χ2v) is 4.95. The van der Waals surface area contributed by atoms with Gasteiger partial charge in [-0.15, -0.1) is 0 Å². The van der Waals surface area contributed by atoms with Crippen molar-refractivity contribution in [3.05, 3.63) is 53.2 Å². The molecule has 0 fully saturated rings. The number of likely N-dealkylation sites (N-methyl/N-ethyl adjacent to an activating group) is 1. The molecule has 4 nitrogen and oxygen atoms in total. The Labute approximate surface area is 123 Å². The number of hydrogen-bond donors (Lipinski definition) is 0. The maximum Gasteiger partial charge on any atom is 0.180 e. The molecule has 21 heavy (non-hydrogen) atoms. The van der Waals surface area contributed by atoms with Gasteiger partial charge in [0.1, 0.15) is 23.1 Å². The van der Waals surface area contributed by atoms with Gasteiger partial charge in [-0.05, 0) is 44.3 Å². The van der Waals surface area contributed by atoms with E-state index in [0.717, 1.165) is 11.5 Å². The molecule has 0 radical (unpaired) electrons. The van der Waals surface area contributed by atoms with E-state index in [-0.39, 0.29) is 17.9 Å². The molecular formula is C16H18FNO3. The zero-order chi connectivity index (χ0) is 15.4. The van der Waals surface area contributed by atoms with Crippen LogP contribution in [0.3, 0.4) is 0 Å². The molecule has 0 saturated carbocycles. The lowest BCUT2D eigenvalue weighted by molar-refractivity contribution is 0.0936. The number of carbonyl (C=O) groups is 1. The maximum atomic E-state index is 13.3. The Balaban J connectivity index is 2.05. The van der Waals surface area contributed by atoms with Crippen LogP contribution >= 0.6 is 0 Å². The van der Waals surface area contributed by atoms with Gasteiger partial charge in [0, 0.05) is 0 Å². The molecular weight excluding hydrogens is 273 g/mol. The summed E-state index contributed by atoms with van der Waals surface area (Å²) in [4.78, 5) is 14.1. The summed E-state index contributed by atoms with van der Waals surface area (Å²) >= 11 is 0. The smallest absolute Gasteiger partial charge is 0.180 e. The Morgan fingerprint density at radius 2 is 2.10 bits per heavy atom. The number of Topliss-reactive ketones (excluding diaryl/α,β-unsaturated/α-hetero) is 1. The van der Waals surface area contributed by atoms with E-state index in [0.29, 0.717) is 12.3 Å². The minimum atomic E-state index is -0.455. The summed E-state index contributed by atoms with van der Waals surface area (Å²) in [6, 6.07) is 7.68. The van der Waals surface area contributed by atoms with Crippen LogP contribution < -0.4 is 4.74 Å². The van der Waals surface area contributed by atoms with Crippen molar-refractivity contribution in [1.29, 1.82) is 0 Å². The second kappa shape index (κ2) is 6.54. The van der Waals surface area contributed by atoms with Gasteiger partial charge in [0.15, 0.2) is 5.78 Å². The lowest BCUT2D eigenvalue weighted by Gasteiger charge is -2.15. The maximum absolute atomic E-state index is 13.3. The van der Waals surface area contributed by atoms with Crippen molar-refractivity contribution >= 4 is 5.78 Å². The summed E-state index contributed by atoms with van der Waals surface area (Å²) in [5.41, 5.74) is 0.250. The van der Waals surface area contributed by atoms with Crippen molar-refractivity contribution in [2.24, 2.45) is 0 Å². The molecule has 0 unspecified atom stereocenters. The molecule has 0 spiro atoms. The van der Waals surface area contributed by atoms with Crippen LogP contribution in [0.4, 0.5) is 4.39 Å². The molecule has 2 rings (SSSR count). The zero-order valence-electron chi connectivity index (χ0n) is 12.4. The van der Waals surface area contributed by atoms with Crippen LogP contribution in [0, 0.1) is 12.7 Å². The zero-order valence-corrected chi connectivity index (χ0v) is 12.4. The fourth-order valence-electron chi connectivity index (χ4n) is 2.12. The number of benzene rings is 1. The topological polar surface area (TPSA) is 42.7 Å². The summed E-state index contributed by atoms with van der Waals surface area (Å²) in [5, 5.41) is 0. The third-order valence-electron chi connectivity index (χ3n) is 3.10. The van der Waals surface area contributed by atoms with Gasteiger partial charge < -0.3 is 9.15 Å². The second-order valence-electron chi connectivity index (χ2n) is 4.95. The molecule has 0 saturated heterocycles. The average Bonchev–Trinajstić information content (AvgIpc) is 2.83. The van der Waals surface area contributed by atoms with Crippen LogP contribution in [-0.4, -0.2) is 31.4 Å². The number of carbonyl (C=O) groups excluding carboxylic acids is 1. The number of aryl methyl sites for hydroxylation is 1. The molecule has 0 aliphatic rings. The molecule has 1 aromatic carbocycles. The summed E-state index contributed by atoms with van der Waals surface area (Å²) < 4.78 is 23.9. The largest absolute Gasteiger partial charge is 0.496 e. The highest BCUT2D eigenvalue weighted by atomic mass is 19.1. The predicted molar refractivity (Wildman–Crippen MR) is 77.1 cm³/mol. The number of methoxy groups -OCH3 is 1. The highest BCUT2D eigenvalue weighted by Gasteiger charge is 2.16. The van der Waals surface area contributed by atoms with E-state index >= 15 is 0 Å². The first kappa shape index (κ1) is 15.3. The molecule has 1 heterocycles. The fraction of sp³-hybridized carbons (Fsp3) is 0.312. The number of ether oxygens (including phenoxy) is 1. The van der Waals surface area contributed by atoms with Crippen LogP contribution in [0.5, 0.6) is 5.75 Å². The third-order valence-corrected chi connectivity index (χ3v) is 3.10. The van der Waals surface area contributed by atoms with E-state index in [4.69, 9.17) is 9.15 Å². The van der Waals surface area contributed by atoms with Crippen LogP contribution in [0.25, 0.3) is 0 Å². The van der Waals surface area contributed by atoms with Crippen LogP contribution in [0.15, 0.2) is 34.7 Å². The number of ketones is 1. The summed E-state index contributed by atoms with van der Waals surface area (Å²) in [5.74, 6) is 1.34. The Bertz CT molecular complexity index is 636. The minimum absolute atomic E-state index is 0.152. The normalized spacial score (nSPS) is 10.9. The fourth-order valence-corrected chi connectivity index (χ4v) is 2.12. The van der Waals surface area contributed by atoms with E-state index < -0.39 is 5.82 Å². The quantitative estimate of drug-likeness (QED) is 0.767. The van der Waals surface area contributed by atoms with Gasteiger partial charge in [-0.3, -0.25) is 9.69 Å². The van der Waals surface area contributed by atoms with Crippen molar-refractivity contribution < 1.29 is 18.3 Å². The first-order chi connectivity index (χ1) is 9.99. The molecule has 0 aliphatic heterocycles. The highest BCUT2D eigenvalue weighted by Crippen LogP contribution is 2.20. The van der Waals surface area contributed by atoms with Crippen LogP contribution in [0.2, 0.25) is 0 Å². The number of halogens is 1. The van der Waals surface area contributed by atoms with Crippen molar-refractivity contribution in [3.63, 3.8) is 0 Å². The predicted octanol–water partition coefficient (Wildman–Crippen LogP) is 3.05. The van der Waals surface area contributed by atoms with E-state index in [1.807, 2.05) is 31.0 Å². The Morgan fingerprint density at radius 1 is 1.33 bits per heavy atom. The Morgan fingerprint density at radius 3 is 2.71 bits per heavy atom. The number of nitrogens with zero attached hydrogens (tertiary/aromatic N) is 1. The molecule has 1 aromatic heterocycles. The van der Waals surface area contributed by atoms with E-state index in [1.165, 1.54) is 25.3 Å². The highest BCUT2D eigenvalue weighted by molar-refractivity contribution is 6.00. The molecule has 0 bridgehead atoms. The molecule has 0 atom stereocenters. The lowest BCUT2D eigenvalue weighted by Crippen LogP contribution is -2.25. The molecule has 5 heteroatoms. The van der Waals surface area contributed by atoms with Crippen molar-refractivity contribution in [2.45, 2.75) is 13.5 Å².